The number of carbonyl (C=O) groups is 9. The molecule has 1 aliphatic rings. The SMILES string of the molecule is CNCCCCCC(=O)NCCCC[C@@H]1NC(=O)[C@@H](C)NC(=O)[C@H](CCCCNC(=O)CCCCCNC)NC(=O)[C@@H](C)NC(=O)[C@H](CCCCNC(=O)CCCCCNC)NC(=O)[C@@H](C)NC1=O. The summed E-state index contributed by atoms with van der Waals surface area (Å²) >= 11 is 0. The van der Waals surface area contributed by atoms with E-state index in [0.29, 0.717) is 77.4 Å². The van der Waals surface area contributed by atoms with E-state index < -0.39 is 71.7 Å². The topological polar surface area (TPSA) is 298 Å². The Morgan fingerprint density at radius 1 is 0.333 bits per heavy atom. The van der Waals surface area contributed by atoms with E-state index in [-0.39, 0.29) is 37.0 Å². The van der Waals surface area contributed by atoms with Crippen LogP contribution in [0.4, 0.5) is 0 Å². The molecule has 1 rings (SSSR count). The molecule has 21 heteroatoms. The van der Waals surface area contributed by atoms with Crippen molar-refractivity contribution in [1.82, 2.24) is 63.8 Å². The van der Waals surface area contributed by atoms with Crippen molar-refractivity contribution in [3.63, 3.8) is 0 Å². The minimum Gasteiger partial charge on any atom is -0.356 e. The predicted molar refractivity (Wildman–Crippen MR) is 266 cm³/mol. The van der Waals surface area contributed by atoms with E-state index in [4.69, 9.17) is 0 Å². The highest BCUT2D eigenvalue weighted by Gasteiger charge is 2.32. The molecule has 0 aliphatic carbocycles. The molecule has 12 N–H and O–H groups in total. The van der Waals surface area contributed by atoms with Gasteiger partial charge in [0.2, 0.25) is 53.2 Å². The first kappa shape index (κ1) is 62.1. The molecule has 69 heavy (non-hydrogen) atoms. The Hall–Kier alpha value is -4.89. The molecule has 0 spiro atoms. The van der Waals surface area contributed by atoms with E-state index in [1.54, 1.807) is 0 Å². The Kier molecular flexibility index (Phi) is 35.0. The zero-order valence-corrected chi connectivity index (χ0v) is 42.7. The van der Waals surface area contributed by atoms with Crippen LogP contribution in [0.1, 0.15) is 156 Å². The Bertz CT molecular complexity index is 1380. The van der Waals surface area contributed by atoms with E-state index in [9.17, 15) is 43.2 Å². The molecule has 0 bridgehead atoms. The van der Waals surface area contributed by atoms with Crippen LogP contribution in [0, 0.1) is 0 Å². The molecule has 0 radical (unpaired) electrons. The fourth-order valence-electron chi connectivity index (χ4n) is 7.50. The van der Waals surface area contributed by atoms with Gasteiger partial charge in [0, 0.05) is 38.9 Å². The fourth-order valence-corrected chi connectivity index (χ4v) is 7.50. The molecule has 1 fully saturated rings. The summed E-state index contributed by atoms with van der Waals surface area (Å²) in [6.45, 7) is 8.11. The average molecular weight is 979 g/mol. The maximum Gasteiger partial charge on any atom is 0.243 e. The summed E-state index contributed by atoms with van der Waals surface area (Å²) in [4.78, 5) is 119. The van der Waals surface area contributed by atoms with Gasteiger partial charge in [0.25, 0.3) is 0 Å². The van der Waals surface area contributed by atoms with Crippen molar-refractivity contribution >= 4 is 53.2 Å². The summed E-state index contributed by atoms with van der Waals surface area (Å²) in [6, 6.07) is -6.83. The fraction of sp³-hybridized carbons (Fsp3) is 0.812. The molecular formula is C48H90N12O9. The third kappa shape index (κ3) is 30.4. The maximum atomic E-state index is 13.8. The number of carbonyl (C=O) groups excluding carboxylic acids is 9. The highest BCUT2D eigenvalue weighted by Crippen LogP contribution is 2.09. The predicted octanol–water partition coefficient (Wildman–Crippen LogP) is 0.167. The number of unbranched alkanes of at least 4 members (excludes halogenated alkanes) is 9. The van der Waals surface area contributed by atoms with Crippen molar-refractivity contribution in [2.45, 2.75) is 192 Å². The third-order valence-corrected chi connectivity index (χ3v) is 11.9. The molecule has 0 saturated carbocycles. The van der Waals surface area contributed by atoms with Crippen LogP contribution >= 0.6 is 0 Å². The van der Waals surface area contributed by atoms with Crippen LogP contribution in [0.15, 0.2) is 0 Å². The van der Waals surface area contributed by atoms with Gasteiger partial charge in [0.05, 0.1) is 0 Å². The third-order valence-electron chi connectivity index (χ3n) is 11.9. The second-order valence-corrected chi connectivity index (χ2v) is 18.2. The van der Waals surface area contributed by atoms with E-state index in [1.165, 1.54) is 20.8 Å². The van der Waals surface area contributed by atoms with Gasteiger partial charge in [-0.15, -0.1) is 0 Å². The number of hydrogen-bond acceptors (Lipinski definition) is 12. The zero-order chi connectivity index (χ0) is 51.2. The average Bonchev–Trinajstić information content (AvgIpc) is 3.31. The molecule has 6 atom stereocenters. The molecule has 0 aromatic heterocycles. The van der Waals surface area contributed by atoms with Crippen molar-refractivity contribution in [1.29, 1.82) is 0 Å². The van der Waals surface area contributed by atoms with Crippen LogP contribution in [-0.2, 0) is 43.2 Å². The molecule has 0 unspecified atom stereocenters. The molecule has 396 valence electrons. The van der Waals surface area contributed by atoms with Gasteiger partial charge in [-0.1, -0.05) is 19.3 Å². The van der Waals surface area contributed by atoms with E-state index in [0.717, 1.165) is 77.4 Å². The summed E-state index contributed by atoms with van der Waals surface area (Å²) in [6.07, 6.45) is 12.5. The van der Waals surface area contributed by atoms with Crippen molar-refractivity contribution in [3.05, 3.63) is 0 Å². The smallest absolute Gasteiger partial charge is 0.243 e. The monoisotopic (exact) mass is 979 g/mol. The first-order valence-corrected chi connectivity index (χ1v) is 25.7. The highest BCUT2D eigenvalue weighted by molar-refractivity contribution is 5.98. The van der Waals surface area contributed by atoms with Gasteiger partial charge in [-0.3, -0.25) is 43.2 Å². The first-order valence-electron chi connectivity index (χ1n) is 25.7. The summed E-state index contributed by atoms with van der Waals surface area (Å²) in [5, 5.41) is 34.0. The van der Waals surface area contributed by atoms with Gasteiger partial charge in [0.15, 0.2) is 0 Å². The van der Waals surface area contributed by atoms with Gasteiger partial charge in [-0.25, -0.2) is 0 Å². The van der Waals surface area contributed by atoms with E-state index in [2.05, 4.69) is 63.8 Å². The lowest BCUT2D eigenvalue weighted by atomic mass is 10.1. The Balaban J connectivity index is 3.18. The minimum atomic E-state index is -1.15. The van der Waals surface area contributed by atoms with Crippen LogP contribution in [0.3, 0.4) is 0 Å². The van der Waals surface area contributed by atoms with Crippen molar-refractivity contribution in [2.75, 3.05) is 60.4 Å². The summed E-state index contributed by atoms with van der Waals surface area (Å²) in [7, 11) is 5.65. The number of amides is 9. The van der Waals surface area contributed by atoms with Gasteiger partial charge < -0.3 is 63.8 Å². The van der Waals surface area contributed by atoms with Gasteiger partial charge in [0.1, 0.15) is 36.3 Å². The molecule has 21 nitrogen and oxygen atoms in total. The van der Waals surface area contributed by atoms with Crippen LogP contribution in [0.25, 0.3) is 0 Å². The lowest BCUT2D eigenvalue weighted by Gasteiger charge is -2.27. The first-order chi connectivity index (χ1) is 33.1. The molecule has 1 heterocycles. The number of rotatable bonds is 33. The normalized spacial score (nSPS) is 20.8. The van der Waals surface area contributed by atoms with Gasteiger partial charge in [-0.2, -0.15) is 0 Å². The Morgan fingerprint density at radius 3 is 0.826 bits per heavy atom. The molecule has 1 aliphatic heterocycles. The summed E-state index contributed by atoms with van der Waals surface area (Å²) in [5.74, 6) is -4.19. The minimum absolute atomic E-state index is 0.0656. The standard InChI is InChI=1S/C48H90N12O9/c1-34-43(64)58-38(23-14-20-32-53-41(62)26-11-8-17-29-50-5)47(68)56-36(3)45(66)60-39(24-15-21-33-54-42(63)27-12-9-18-30-51-6)48(69)57-35(2)44(65)59-37(46(67)55-34)22-13-19-31-52-40(61)25-10-7-16-28-49-4/h34-39,49-51H,7-33H2,1-6H3,(H,52,61)(H,53,62)(H,54,63)(H,55,67)(H,56,68)(H,57,69)(H,58,64)(H,59,65)(H,60,66)/t34-,35-,36-,37+,38+,39+/m1/s1. The van der Waals surface area contributed by atoms with E-state index >= 15 is 0 Å². The second-order valence-electron chi connectivity index (χ2n) is 18.2. The summed E-state index contributed by atoms with van der Waals surface area (Å²) < 4.78 is 0. The maximum absolute atomic E-state index is 13.8. The molecule has 9 amide bonds. The molecule has 0 aromatic rings. The zero-order valence-electron chi connectivity index (χ0n) is 42.7. The number of nitrogens with one attached hydrogen (secondary N) is 12. The lowest BCUT2D eigenvalue weighted by molar-refractivity contribution is -0.136. The quantitative estimate of drug-likeness (QED) is 0.0392. The highest BCUT2D eigenvalue weighted by atomic mass is 16.2. The number of hydrogen-bond donors (Lipinski definition) is 12. The lowest BCUT2D eigenvalue weighted by Crippen LogP contribution is -2.60. The molecule has 0 aromatic carbocycles. The van der Waals surface area contributed by atoms with Crippen molar-refractivity contribution in [2.24, 2.45) is 0 Å². The Labute approximate surface area is 411 Å². The van der Waals surface area contributed by atoms with Crippen molar-refractivity contribution in [3.8, 4) is 0 Å². The van der Waals surface area contributed by atoms with Crippen LogP contribution in [-0.4, -0.2) is 150 Å². The largest absolute Gasteiger partial charge is 0.356 e. The molecule has 1 saturated heterocycles. The Morgan fingerprint density at radius 2 is 0.580 bits per heavy atom. The van der Waals surface area contributed by atoms with Crippen LogP contribution in [0.2, 0.25) is 0 Å². The second kappa shape index (κ2) is 38.9. The van der Waals surface area contributed by atoms with Crippen LogP contribution < -0.4 is 63.8 Å². The van der Waals surface area contributed by atoms with E-state index in [1.807, 2.05) is 21.1 Å². The summed E-state index contributed by atoms with van der Waals surface area (Å²) in [5.41, 5.74) is 0. The van der Waals surface area contributed by atoms with Crippen molar-refractivity contribution < 1.29 is 43.2 Å². The van der Waals surface area contributed by atoms with Gasteiger partial charge in [-0.05, 0) is 158 Å². The van der Waals surface area contributed by atoms with Gasteiger partial charge >= 0.3 is 0 Å². The van der Waals surface area contributed by atoms with Crippen LogP contribution in [0.5, 0.6) is 0 Å². The molecular weight excluding hydrogens is 889 g/mol.